The second kappa shape index (κ2) is 5.70. The van der Waals surface area contributed by atoms with Gasteiger partial charge >= 0.3 is 0 Å². The Hall–Kier alpha value is -0.970. The zero-order chi connectivity index (χ0) is 10.4. The first-order chi connectivity index (χ1) is 6.75. The van der Waals surface area contributed by atoms with Gasteiger partial charge in [0, 0.05) is 24.0 Å². The van der Waals surface area contributed by atoms with Gasteiger partial charge in [0.2, 0.25) is 0 Å². The maximum atomic E-state index is 6.05. The van der Waals surface area contributed by atoms with Crippen LogP contribution in [0.3, 0.4) is 0 Å². The highest BCUT2D eigenvalue weighted by molar-refractivity contribution is 6.31. The van der Waals surface area contributed by atoms with Gasteiger partial charge in [-0.25, -0.2) is 0 Å². The summed E-state index contributed by atoms with van der Waals surface area (Å²) in [6.07, 6.45) is 5.91. The van der Waals surface area contributed by atoms with Crippen molar-refractivity contribution in [3.05, 3.63) is 34.9 Å². The van der Waals surface area contributed by atoms with Crippen molar-refractivity contribution in [1.82, 2.24) is 5.32 Å². The first-order valence-corrected chi connectivity index (χ1v) is 5.04. The van der Waals surface area contributed by atoms with Crippen LogP contribution in [-0.2, 0) is 0 Å². The summed E-state index contributed by atoms with van der Waals surface area (Å²) in [6.45, 7) is 2.90. The van der Waals surface area contributed by atoms with E-state index < -0.39 is 0 Å². The van der Waals surface area contributed by atoms with Crippen LogP contribution in [0.5, 0.6) is 0 Å². The average molecular weight is 208 g/mol. The number of terminal acetylenes is 1. The molecule has 1 aromatic rings. The van der Waals surface area contributed by atoms with Crippen LogP contribution in [0.25, 0.3) is 0 Å². The molecule has 74 valence electrons. The molecule has 2 heteroatoms. The molecule has 0 fully saturated rings. The van der Waals surface area contributed by atoms with Gasteiger partial charge in [0.05, 0.1) is 0 Å². The van der Waals surface area contributed by atoms with Gasteiger partial charge in [-0.2, -0.15) is 0 Å². The van der Waals surface area contributed by atoms with Crippen LogP contribution in [0.1, 0.15) is 24.9 Å². The molecule has 14 heavy (non-hydrogen) atoms. The van der Waals surface area contributed by atoms with E-state index in [1.807, 2.05) is 24.3 Å². The standard InChI is InChI=1S/C12H14ClN/c1-3-4-9-14-10(2)11-7-5-6-8-12(11)13/h1,5-8,10,14H,4,9H2,2H3/t10-/m1/s1. The molecule has 0 spiro atoms. The minimum Gasteiger partial charge on any atom is -0.309 e. The molecule has 0 radical (unpaired) electrons. The highest BCUT2D eigenvalue weighted by atomic mass is 35.5. The highest BCUT2D eigenvalue weighted by Crippen LogP contribution is 2.21. The third-order valence-corrected chi connectivity index (χ3v) is 2.44. The van der Waals surface area contributed by atoms with Gasteiger partial charge in [-0.3, -0.25) is 0 Å². The molecule has 1 nitrogen and oxygen atoms in total. The number of benzene rings is 1. The summed E-state index contributed by atoms with van der Waals surface area (Å²) in [5.41, 5.74) is 1.12. The Bertz CT molecular complexity index is 327. The normalized spacial score (nSPS) is 12.1. The molecular formula is C12H14ClN. The smallest absolute Gasteiger partial charge is 0.0453 e. The third-order valence-electron chi connectivity index (χ3n) is 2.09. The van der Waals surface area contributed by atoms with E-state index in [9.17, 15) is 0 Å². The van der Waals surface area contributed by atoms with Crippen molar-refractivity contribution in [3.8, 4) is 12.3 Å². The molecule has 0 amide bonds. The van der Waals surface area contributed by atoms with E-state index in [1.54, 1.807) is 0 Å². The molecule has 0 saturated heterocycles. The van der Waals surface area contributed by atoms with Gasteiger partial charge in [-0.1, -0.05) is 29.8 Å². The van der Waals surface area contributed by atoms with E-state index in [-0.39, 0.29) is 6.04 Å². The second-order valence-corrected chi connectivity index (χ2v) is 3.56. The molecule has 0 bridgehead atoms. The fraction of sp³-hybridized carbons (Fsp3) is 0.333. The molecule has 0 aliphatic heterocycles. The van der Waals surface area contributed by atoms with Crippen molar-refractivity contribution in [2.75, 3.05) is 6.54 Å². The van der Waals surface area contributed by atoms with E-state index in [4.69, 9.17) is 18.0 Å². The molecule has 0 aliphatic rings. The highest BCUT2D eigenvalue weighted by Gasteiger charge is 2.06. The van der Waals surface area contributed by atoms with E-state index in [1.165, 1.54) is 0 Å². The summed E-state index contributed by atoms with van der Waals surface area (Å²) in [5, 5.41) is 4.11. The van der Waals surface area contributed by atoms with Crippen molar-refractivity contribution < 1.29 is 0 Å². The van der Waals surface area contributed by atoms with Gasteiger partial charge in [-0.05, 0) is 18.6 Å². The molecule has 0 heterocycles. The summed E-state index contributed by atoms with van der Waals surface area (Å²) in [5.74, 6) is 2.59. The number of hydrogen-bond donors (Lipinski definition) is 1. The van der Waals surface area contributed by atoms with Crippen LogP contribution >= 0.6 is 11.6 Å². The Balaban J connectivity index is 2.57. The van der Waals surface area contributed by atoms with Gasteiger partial charge in [-0.15, -0.1) is 12.3 Å². The lowest BCUT2D eigenvalue weighted by Crippen LogP contribution is -2.19. The molecule has 1 N–H and O–H groups in total. The summed E-state index contributed by atoms with van der Waals surface area (Å²) >= 11 is 6.05. The Kier molecular flexibility index (Phi) is 4.52. The van der Waals surface area contributed by atoms with Gasteiger partial charge in [0.25, 0.3) is 0 Å². The second-order valence-electron chi connectivity index (χ2n) is 3.15. The lowest BCUT2D eigenvalue weighted by molar-refractivity contribution is 0.584. The minimum absolute atomic E-state index is 0.247. The lowest BCUT2D eigenvalue weighted by atomic mass is 10.1. The number of rotatable bonds is 4. The first kappa shape index (κ1) is 11.1. The molecule has 1 aromatic carbocycles. The van der Waals surface area contributed by atoms with Crippen LogP contribution in [-0.4, -0.2) is 6.54 Å². The van der Waals surface area contributed by atoms with Crippen molar-refractivity contribution in [2.24, 2.45) is 0 Å². The summed E-state index contributed by atoms with van der Waals surface area (Å²) in [7, 11) is 0. The molecule has 0 aromatic heterocycles. The van der Waals surface area contributed by atoms with Crippen LogP contribution in [0.4, 0.5) is 0 Å². The van der Waals surface area contributed by atoms with Crippen LogP contribution in [0.2, 0.25) is 5.02 Å². The maximum Gasteiger partial charge on any atom is 0.0453 e. The molecule has 0 unspecified atom stereocenters. The van der Waals surface area contributed by atoms with Crippen molar-refractivity contribution in [1.29, 1.82) is 0 Å². The number of nitrogens with one attached hydrogen (secondary N) is 1. The van der Waals surface area contributed by atoms with Crippen LogP contribution in [0.15, 0.2) is 24.3 Å². The maximum absolute atomic E-state index is 6.05. The Morgan fingerprint density at radius 1 is 1.50 bits per heavy atom. The number of hydrogen-bond acceptors (Lipinski definition) is 1. The Morgan fingerprint density at radius 2 is 2.21 bits per heavy atom. The topological polar surface area (TPSA) is 12.0 Å². The largest absolute Gasteiger partial charge is 0.309 e. The minimum atomic E-state index is 0.247. The van der Waals surface area contributed by atoms with E-state index in [0.717, 1.165) is 23.6 Å². The molecule has 1 atom stereocenters. The molecule has 0 aliphatic carbocycles. The fourth-order valence-electron chi connectivity index (χ4n) is 1.30. The predicted octanol–water partition coefficient (Wildman–Crippen LogP) is 3.01. The Morgan fingerprint density at radius 3 is 2.86 bits per heavy atom. The predicted molar refractivity (Wildman–Crippen MR) is 61.3 cm³/mol. The SMILES string of the molecule is C#CCCN[C@H](C)c1ccccc1Cl. The lowest BCUT2D eigenvalue weighted by Gasteiger charge is -2.14. The van der Waals surface area contributed by atoms with E-state index in [0.29, 0.717) is 0 Å². The zero-order valence-electron chi connectivity index (χ0n) is 8.26. The van der Waals surface area contributed by atoms with Gasteiger partial charge < -0.3 is 5.32 Å². The van der Waals surface area contributed by atoms with E-state index in [2.05, 4.69) is 18.2 Å². The Labute approximate surface area is 90.5 Å². The van der Waals surface area contributed by atoms with Gasteiger partial charge in [0.15, 0.2) is 0 Å². The molecule has 0 saturated carbocycles. The third kappa shape index (κ3) is 3.06. The van der Waals surface area contributed by atoms with Crippen molar-refractivity contribution in [2.45, 2.75) is 19.4 Å². The fourth-order valence-corrected chi connectivity index (χ4v) is 1.60. The van der Waals surface area contributed by atoms with Crippen LogP contribution < -0.4 is 5.32 Å². The summed E-state index contributed by atoms with van der Waals surface area (Å²) in [4.78, 5) is 0. The van der Waals surface area contributed by atoms with Gasteiger partial charge in [0.1, 0.15) is 0 Å². The first-order valence-electron chi connectivity index (χ1n) is 4.67. The molecular weight excluding hydrogens is 194 g/mol. The van der Waals surface area contributed by atoms with Crippen molar-refractivity contribution in [3.63, 3.8) is 0 Å². The number of halogens is 1. The van der Waals surface area contributed by atoms with Crippen LogP contribution in [0, 0.1) is 12.3 Å². The average Bonchev–Trinajstić information content (AvgIpc) is 2.18. The van der Waals surface area contributed by atoms with Crippen molar-refractivity contribution >= 4 is 11.6 Å². The monoisotopic (exact) mass is 207 g/mol. The van der Waals surface area contributed by atoms with E-state index >= 15 is 0 Å². The zero-order valence-corrected chi connectivity index (χ0v) is 9.01. The summed E-state index contributed by atoms with van der Waals surface area (Å²) < 4.78 is 0. The molecule has 1 rings (SSSR count). The summed E-state index contributed by atoms with van der Waals surface area (Å²) in [6, 6.07) is 8.09. The quantitative estimate of drug-likeness (QED) is 0.591.